The van der Waals surface area contributed by atoms with Crippen molar-refractivity contribution in [2.45, 2.75) is 45.6 Å². The minimum absolute atomic E-state index is 0.187. The maximum absolute atomic E-state index is 12.0. The van der Waals surface area contributed by atoms with E-state index in [2.05, 4.69) is 29.4 Å². The summed E-state index contributed by atoms with van der Waals surface area (Å²) in [5.74, 6) is 1.56. The Balaban J connectivity index is 1.73. The van der Waals surface area contributed by atoms with E-state index in [-0.39, 0.29) is 5.91 Å². The first-order valence-electron chi connectivity index (χ1n) is 7.86. The lowest BCUT2D eigenvalue weighted by Crippen LogP contribution is -2.44. The largest absolute Gasteiger partial charge is 0.355 e. The van der Waals surface area contributed by atoms with Gasteiger partial charge in [0.1, 0.15) is 0 Å². The van der Waals surface area contributed by atoms with Gasteiger partial charge in [-0.25, -0.2) is 0 Å². The van der Waals surface area contributed by atoms with Crippen LogP contribution >= 0.6 is 0 Å². The van der Waals surface area contributed by atoms with Crippen LogP contribution in [0.3, 0.4) is 0 Å². The third-order valence-electron chi connectivity index (χ3n) is 3.93. The summed E-state index contributed by atoms with van der Waals surface area (Å²) in [5.41, 5.74) is 0. The summed E-state index contributed by atoms with van der Waals surface area (Å²) >= 11 is 0. The molecule has 1 saturated heterocycles. The van der Waals surface area contributed by atoms with Crippen molar-refractivity contribution < 1.29 is 4.79 Å². The Labute approximate surface area is 117 Å². The summed E-state index contributed by atoms with van der Waals surface area (Å²) in [5, 5.41) is 6.56. The molecule has 2 rings (SSSR count). The minimum Gasteiger partial charge on any atom is -0.355 e. The van der Waals surface area contributed by atoms with Crippen molar-refractivity contribution in [3.05, 3.63) is 0 Å². The summed E-state index contributed by atoms with van der Waals surface area (Å²) in [4.78, 5) is 14.3. The highest BCUT2D eigenvalue weighted by molar-refractivity contribution is 5.78. The zero-order chi connectivity index (χ0) is 13.7. The molecule has 19 heavy (non-hydrogen) atoms. The average molecular weight is 267 g/mol. The smallest absolute Gasteiger partial charge is 0.234 e. The molecule has 1 amide bonds. The van der Waals surface area contributed by atoms with Crippen LogP contribution < -0.4 is 10.6 Å². The van der Waals surface area contributed by atoms with E-state index in [0.29, 0.717) is 18.5 Å². The van der Waals surface area contributed by atoms with E-state index in [1.165, 1.54) is 25.7 Å². The molecule has 1 aliphatic carbocycles. The molecule has 2 aliphatic rings. The topological polar surface area (TPSA) is 44.4 Å². The summed E-state index contributed by atoms with van der Waals surface area (Å²) < 4.78 is 0. The van der Waals surface area contributed by atoms with Crippen molar-refractivity contribution in [2.24, 2.45) is 11.8 Å². The molecule has 0 radical (unpaired) electrons. The van der Waals surface area contributed by atoms with Gasteiger partial charge in [-0.2, -0.15) is 0 Å². The van der Waals surface area contributed by atoms with Crippen LogP contribution in [0.2, 0.25) is 0 Å². The summed E-state index contributed by atoms with van der Waals surface area (Å²) in [6.45, 7) is 8.90. The molecule has 0 spiro atoms. The van der Waals surface area contributed by atoms with Crippen LogP contribution in [0.25, 0.3) is 0 Å². The maximum Gasteiger partial charge on any atom is 0.234 e. The number of amides is 1. The predicted octanol–water partition coefficient (Wildman–Crippen LogP) is 1.22. The molecule has 1 heterocycles. The van der Waals surface area contributed by atoms with E-state index < -0.39 is 0 Å². The number of rotatable bonds is 8. The first-order chi connectivity index (χ1) is 9.13. The number of carbonyl (C=O) groups excluding carboxylic acids is 1. The van der Waals surface area contributed by atoms with Gasteiger partial charge >= 0.3 is 0 Å². The van der Waals surface area contributed by atoms with Crippen LogP contribution in [0.1, 0.15) is 39.5 Å². The van der Waals surface area contributed by atoms with Gasteiger partial charge in [0, 0.05) is 25.7 Å². The highest BCUT2D eigenvalue weighted by Crippen LogP contribution is 2.29. The van der Waals surface area contributed by atoms with Gasteiger partial charge in [-0.05, 0) is 44.1 Å². The Morgan fingerprint density at radius 3 is 2.68 bits per heavy atom. The predicted molar refractivity (Wildman–Crippen MR) is 78.0 cm³/mol. The number of hydrogen-bond donors (Lipinski definition) is 2. The van der Waals surface area contributed by atoms with Gasteiger partial charge in [-0.15, -0.1) is 0 Å². The van der Waals surface area contributed by atoms with E-state index in [9.17, 15) is 4.79 Å². The van der Waals surface area contributed by atoms with Crippen molar-refractivity contribution >= 4 is 5.91 Å². The fourth-order valence-corrected chi connectivity index (χ4v) is 2.67. The molecular formula is C15H29N3O. The number of nitrogens with zero attached hydrogens (tertiary/aromatic N) is 1. The Morgan fingerprint density at radius 1 is 1.32 bits per heavy atom. The molecule has 1 saturated carbocycles. The molecule has 1 atom stereocenters. The fraction of sp³-hybridized carbons (Fsp3) is 0.933. The number of carbonyl (C=O) groups is 1. The third-order valence-corrected chi connectivity index (χ3v) is 3.93. The van der Waals surface area contributed by atoms with Crippen LogP contribution in [-0.4, -0.2) is 49.6 Å². The quantitative estimate of drug-likeness (QED) is 0.695. The van der Waals surface area contributed by atoms with Gasteiger partial charge in [0.2, 0.25) is 5.91 Å². The standard InChI is InChI=1S/C15H29N3O/c1-12(2)8-17-15(19)11-18(9-13-5-6-13)10-14-4-3-7-16-14/h12-14,16H,3-11H2,1-2H3,(H,17,19). The lowest BCUT2D eigenvalue weighted by atomic mass is 10.2. The molecule has 4 nitrogen and oxygen atoms in total. The zero-order valence-electron chi connectivity index (χ0n) is 12.5. The van der Waals surface area contributed by atoms with Crippen molar-refractivity contribution in [2.75, 3.05) is 32.7 Å². The summed E-state index contributed by atoms with van der Waals surface area (Å²) in [7, 11) is 0. The van der Waals surface area contributed by atoms with Gasteiger partial charge in [-0.3, -0.25) is 9.69 Å². The van der Waals surface area contributed by atoms with Crippen LogP contribution in [0.4, 0.5) is 0 Å². The highest BCUT2D eigenvalue weighted by atomic mass is 16.2. The molecule has 0 bridgehead atoms. The van der Waals surface area contributed by atoms with E-state index in [1.807, 2.05) is 0 Å². The molecular weight excluding hydrogens is 238 g/mol. The second-order valence-electron chi connectivity index (χ2n) is 6.63. The Morgan fingerprint density at radius 2 is 2.11 bits per heavy atom. The normalized spacial score (nSPS) is 23.3. The van der Waals surface area contributed by atoms with Crippen LogP contribution in [0, 0.1) is 11.8 Å². The average Bonchev–Trinajstić information content (AvgIpc) is 3.01. The van der Waals surface area contributed by atoms with Gasteiger partial charge in [0.05, 0.1) is 6.54 Å². The second-order valence-corrected chi connectivity index (χ2v) is 6.63. The van der Waals surface area contributed by atoms with Crippen LogP contribution in [-0.2, 0) is 4.79 Å². The zero-order valence-corrected chi connectivity index (χ0v) is 12.5. The molecule has 110 valence electrons. The minimum atomic E-state index is 0.187. The van der Waals surface area contributed by atoms with Crippen molar-refractivity contribution in [3.63, 3.8) is 0 Å². The van der Waals surface area contributed by atoms with Crippen LogP contribution in [0.15, 0.2) is 0 Å². The van der Waals surface area contributed by atoms with E-state index in [1.54, 1.807) is 0 Å². The van der Waals surface area contributed by atoms with Gasteiger partial charge in [-0.1, -0.05) is 13.8 Å². The van der Waals surface area contributed by atoms with E-state index in [4.69, 9.17) is 0 Å². The van der Waals surface area contributed by atoms with Crippen molar-refractivity contribution in [1.29, 1.82) is 0 Å². The Kier molecular flexibility index (Phi) is 5.64. The van der Waals surface area contributed by atoms with Gasteiger partial charge in [0.15, 0.2) is 0 Å². The maximum atomic E-state index is 12.0. The first-order valence-corrected chi connectivity index (χ1v) is 7.86. The third kappa shape index (κ3) is 5.91. The lowest BCUT2D eigenvalue weighted by Gasteiger charge is -2.25. The Bertz CT molecular complexity index is 283. The number of hydrogen-bond acceptors (Lipinski definition) is 3. The SMILES string of the molecule is CC(C)CNC(=O)CN(CC1CC1)CC1CCCN1. The molecule has 0 aromatic heterocycles. The van der Waals surface area contributed by atoms with Gasteiger partial charge in [0.25, 0.3) is 0 Å². The molecule has 0 aromatic rings. The summed E-state index contributed by atoms with van der Waals surface area (Å²) in [6, 6.07) is 0.594. The van der Waals surface area contributed by atoms with Crippen molar-refractivity contribution in [3.8, 4) is 0 Å². The van der Waals surface area contributed by atoms with E-state index in [0.717, 1.165) is 32.1 Å². The monoisotopic (exact) mass is 267 g/mol. The molecule has 4 heteroatoms. The fourth-order valence-electron chi connectivity index (χ4n) is 2.67. The highest BCUT2D eigenvalue weighted by Gasteiger charge is 2.27. The number of nitrogens with one attached hydrogen (secondary N) is 2. The Hall–Kier alpha value is -0.610. The lowest BCUT2D eigenvalue weighted by molar-refractivity contribution is -0.122. The molecule has 1 unspecified atom stereocenters. The molecule has 1 aliphatic heterocycles. The molecule has 2 N–H and O–H groups in total. The molecule has 2 fully saturated rings. The molecule has 0 aromatic carbocycles. The van der Waals surface area contributed by atoms with Gasteiger partial charge < -0.3 is 10.6 Å². The van der Waals surface area contributed by atoms with Crippen LogP contribution in [0.5, 0.6) is 0 Å². The van der Waals surface area contributed by atoms with E-state index >= 15 is 0 Å². The second kappa shape index (κ2) is 7.25. The van der Waals surface area contributed by atoms with Crippen molar-refractivity contribution in [1.82, 2.24) is 15.5 Å². The summed E-state index contributed by atoms with van der Waals surface area (Å²) in [6.07, 6.45) is 5.24. The first kappa shape index (κ1) is 14.8.